The van der Waals surface area contributed by atoms with Crippen LogP contribution in [0.1, 0.15) is 26.7 Å². The number of likely N-dealkylation sites (N-methyl/N-ethyl adjacent to an activating group) is 1. The van der Waals surface area contributed by atoms with Crippen molar-refractivity contribution in [3.63, 3.8) is 0 Å². The first-order valence-electron chi connectivity index (χ1n) is 4.58. The van der Waals surface area contributed by atoms with Gasteiger partial charge in [0.15, 0.2) is 0 Å². The Morgan fingerprint density at radius 1 is 1.50 bits per heavy atom. The predicted octanol–water partition coefficient (Wildman–Crippen LogP) is 1.41. The second kappa shape index (κ2) is 5.49. The Balaban J connectivity index is 3.93. The smallest absolute Gasteiger partial charge is 0.0906 e. The van der Waals surface area contributed by atoms with Gasteiger partial charge in [-0.15, -0.1) is 0 Å². The molecule has 0 saturated heterocycles. The molecule has 0 aromatic carbocycles. The van der Waals surface area contributed by atoms with Crippen molar-refractivity contribution in [3.05, 3.63) is 0 Å². The van der Waals surface area contributed by atoms with Gasteiger partial charge in [-0.25, -0.2) is 0 Å². The molecule has 0 aliphatic heterocycles. The number of halogens is 1. The fourth-order valence-electron chi connectivity index (χ4n) is 1.14. The lowest BCUT2D eigenvalue weighted by atomic mass is 9.97. The number of alkyl halides is 1. The van der Waals surface area contributed by atoms with Crippen molar-refractivity contribution in [1.29, 1.82) is 0 Å². The normalized spacial score (nSPS) is 16.5. The van der Waals surface area contributed by atoms with E-state index in [0.29, 0.717) is 13.0 Å². The van der Waals surface area contributed by atoms with Crippen molar-refractivity contribution in [3.8, 4) is 0 Å². The molecule has 1 unspecified atom stereocenters. The predicted molar refractivity (Wildman–Crippen MR) is 51.0 cm³/mol. The first kappa shape index (κ1) is 11.8. The summed E-state index contributed by atoms with van der Waals surface area (Å²) in [7, 11) is 2.01. The van der Waals surface area contributed by atoms with Gasteiger partial charge in [-0.3, -0.25) is 9.29 Å². The van der Waals surface area contributed by atoms with Crippen LogP contribution < -0.4 is 5.73 Å². The van der Waals surface area contributed by atoms with E-state index >= 15 is 0 Å². The molecule has 0 spiro atoms. The van der Waals surface area contributed by atoms with Gasteiger partial charge >= 0.3 is 0 Å². The lowest BCUT2D eigenvalue weighted by molar-refractivity contribution is 0.135. The molecule has 0 amide bonds. The molecule has 0 heterocycles. The maximum Gasteiger partial charge on any atom is 0.0906 e. The average Bonchev–Trinajstić information content (AvgIpc) is 2.12. The van der Waals surface area contributed by atoms with Gasteiger partial charge in [0.2, 0.25) is 0 Å². The standard InChI is InChI=1S/C9H21FN2/c1-4-9(2,8-11)12(3)7-5-6-10/h4-8,11H2,1-3H3. The highest BCUT2D eigenvalue weighted by Crippen LogP contribution is 2.15. The third-order valence-electron chi connectivity index (χ3n) is 2.75. The summed E-state index contributed by atoms with van der Waals surface area (Å²) in [5.41, 5.74) is 5.69. The number of hydrogen-bond acceptors (Lipinski definition) is 2. The van der Waals surface area contributed by atoms with Crippen LogP contribution in [0.25, 0.3) is 0 Å². The second-order valence-electron chi connectivity index (χ2n) is 3.52. The minimum absolute atomic E-state index is 0.0369. The third kappa shape index (κ3) is 3.07. The monoisotopic (exact) mass is 176 g/mol. The molecule has 74 valence electrons. The van der Waals surface area contributed by atoms with Crippen LogP contribution in [0.5, 0.6) is 0 Å². The highest BCUT2D eigenvalue weighted by molar-refractivity contribution is 4.83. The van der Waals surface area contributed by atoms with Gasteiger partial charge in [-0.1, -0.05) is 6.92 Å². The van der Waals surface area contributed by atoms with Gasteiger partial charge in [-0.2, -0.15) is 0 Å². The summed E-state index contributed by atoms with van der Waals surface area (Å²) in [6, 6.07) is 0. The van der Waals surface area contributed by atoms with Gasteiger partial charge in [0.25, 0.3) is 0 Å². The van der Waals surface area contributed by atoms with E-state index in [-0.39, 0.29) is 12.2 Å². The molecule has 0 fully saturated rings. The zero-order valence-electron chi connectivity index (χ0n) is 8.44. The summed E-state index contributed by atoms with van der Waals surface area (Å²) in [5.74, 6) is 0. The van der Waals surface area contributed by atoms with Gasteiger partial charge in [0.05, 0.1) is 6.67 Å². The summed E-state index contributed by atoms with van der Waals surface area (Å²) < 4.78 is 11.9. The summed E-state index contributed by atoms with van der Waals surface area (Å²) in [6.45, 7) is 5.41. The lowest BCUT2D eigenvalue weighted by Crippen LogP contribution is -2.49. The van der Waals surface area contributed by atoms with E-state index < -0.39 is 0 Å². The van der Waals surface area contributed by atoms with Crippen LogP contribution in [0.4, 0.5) is 4.39 Å². The van der Waals surface area contributed by atoms with Crippen LogP contribution in [-0.2, 0) is 0 Å². The molecule has 0 rings (SSSR count). The maximum absolute atomic E-state index is 11.9. The highest BCUT2D eigenvalue weighted by atomic mass is 19.1. The van der Waals surface area contributed by atoms with Crippen molar-refractivity contribution in [2.75, 3.05) is 26.8 Å². The highest BCUT2D eigenvalue weighted by Gasteiger charge is 2.24. The fraction of sp³-hybridized carbons (Fsp3) is 1.00. The van der Waals surface area contributed by atoms with E-state index in [9.17, 15) is 4.39 Å². The molecule has 0 aliphatic carbocycles. The Morgan fingerprint density at radius 3 is 2.42 bits per heavy atom. The van der Waals surface area contributed by atoms with Gasteiger partial charge in [0.1, 0.15) is 0 Å². The van der Waals surface area contributed by atoms with Crippen LogP contribution in [0.3, 0.4) is 0 Å². The summed E-state index contributed by atoms with van der Waals surface area (Å²) in [4.78, 5) is 2.15. The fourth-order valence-corrected chi connectivity index (χ4v) is 1.14. The van der Waals surface area contributed by atoms with Crippen molar-refractivity contribution < 1.29 is 4.39 Å². The number of nitrogens with two attached hydrogens (primary N) is 1. The largest absolute Gasteiger partial charge is 0.329 e. The first-order chi connectivity index (χ1) is 5.60. The quantitative estimate of drug-likeness (QED) is 0.663. The number of rotatable bonds is 6. The molecule has 0 bridgehead atoms. The minimum Gasteiger partial charge on any atom is -0.329 e. The van der Waals surface area contributed by atoms with Crippen molar-refractivity contribution in [2.45, 2.75) is 32.2 Å². The van der Waals surface area contributed by atoms with Crippen LogP contribution in [0.15, 0.2) is 0 Å². The molecule has 3 heteroatoms. The summed E-state index contributed by atoms with van der Waals surface area (Å²) in [5, 5.41) is 0. The van der Waals surface area contributed by atoms with Crippen molar-refractivity contribution in [2.24, 2.45) is 5.73 Å². The molecular weight excluding hydrogens is 155 g/mol. The molecule has 0 aromatic rings. The van der Waals surface area contributed by atoms with Crippen molar-refractivity contribution in [1.82, 2.24) is 4.90 Å². The van der Waals surface area contributed by atoms with E-state index in [1.807, 2.05) is 7.05 Å². The molecule has 0 aromatic heterocycles. The topological polar surface area (TPSA) is 29.3 Å². The minimum atomic E-state index is -0.241. The molecule has 2 nitrogen and oxygen atoms in total. The molecule has 2 N–H and O–H groups in total. The first-order valence-corrected chi connectivity index (χ1v) is 4.58. The molecular formula is C9H21FN2. The van der Waals surface area contributed by atoms with E-state index in [0.717, 1.165) is 13.0 Å². The summed E-state index contributed by atoms with van der Waals surface area (Å²) >= 11 is 0. The van der Waals surface area contributed by atoms with Crippen LogP contribution in [-0.4, -0.2) is 37.3 Å². The third-order valence-corrected chi connectivity index (χ3v) is 2.75. The maximum atomic E-state index is 11.9. The van der Waals surface area contributed by atoms with Crippen LogP contribution in [0.2, 0.25) is 0 Å². The summed E-state index contributed by atoms with van der Waals surface area (Å²) in [6.07, 6.45) is 1.61. The molecule has 12 heavy (non-hydrogen) atoms. The van der Waals surface area contributed by atoms with Crippen LogP contribution >= 0.6 is 0 Å². The molecule has 0 aliphatic rings. The Bertz CT molecular complexity index is 113. The van der Waals surface area contributed by atoms with Gasteiger partial charge < -0.3 is 5.73 Å². The Kier molecular flexibility index (Phi) is 5.42. The zero-order valence-corrected chi connectivity index (χ0v) is 8.44. The van der Waals surface area contributed by atoms with Gasteiger partial charge in [-0.05, 0) is 26.8 Å². The van der Waals surface area contributed by atoms with Gasteiger partial charge in [0, 0.05) is 18.6 Å². The zero-order chi connectivity index (χ0) is 9.61. The number of hydrogen-bond donors (Lipinski definition) is 1. The Labute approximate surface area is 74.9 Å². The second-order valence-corrected chi connectivity index (χ2v) is 3.52. The van der Waals surface area contributed by atoms with Crippen molar-refractivity contribution >= 4 is 0 Å². The number of nitrogens with zero attached hydrogens (tertiary/aromatic N) is 1. The Hall–Kier alpha value is -0.150. The van der Waals surface area contributed by atoms with E-state index in [1.54, 1.807) is 0 Å². The molecule has 0 saturated carbocycles. The average molecular weight is 176 g/mol. The van der Waals surface area contributed by atoms with Crippen LogP contribution in [0, 0.1) is 0 Å². The lowest BCUT2D eigenvalue weighted by Gasteiger charge is -2.37. The Morgan fingerprint density at radius 2 is 2.08 bits per heavy atom. The van der Waals surface area contributed by atoms with E-state index in [4.69, 9.17) is 5.73 Å². The molecule has 1 atom stereocenters. The van der Waals surface area contributed by atoms with E-state index in [2.05, 4.69) is 18.7 Å². The van der Waals surface area contributed by atoms with E-state index in [1.165, 1.54) is 0 Å². The SMILES string of the molecule is CCC(C)(CN)N(C)CCCF. The molecule has 0 radical (unpaired) electrons.